The van der Waals surface area contributed by atoms with Gasteiger partial charge in [0.15, 0.2) is 0 Å². The van der Waals surface area contributed by atoms with Crippen LogP contribution in [0.25, 0.3) is 0 Å². The summed E-state index contributed by atoms with van der Waals surface area (Å²) in [5.74, 6) is 0. The van der Waals surface area contributed by atoms with Crippen molar-refractivity contribution in [3.8, 4) is 0 Å². The van der Waals surface area contributed by atoms with Crippen LogP contribution in [0.1, 0.15) is 16.0 Å². The normalized spacial score (nSPS) is 12.5. The predicted octanol–water partition coefficient (Wildman–Crippen LogP) is 6.89. The van der Waals surface area contributed by atoms with E-state index in [0.717, 1.165) is 15.6 Å². The SMILES string of the molecule is Clc1ccc(C(Br)c2cccc(Br)c2Cl)cc1Cl. The van der Waals surface area contributed by atoms with Crippen LogP contribution in [0.15, 0.2) is 40.9 Å². The Morgan fingerprint density at radius 3 is 2.33 bits per heavy atom. The van der Waals surface area contributed by atoms with Crippen molar-refractivity contribution in [1.82, 2.24) is 0 Å². The Hall–Kier alpha value is 0.270. The molecule has 0 bridgehead atoms. The van der Waals surface area contributed by atoms with Gasteiger partial charge < -0.3 is 0 Å². The van der Waals surface area contributed by atoms with Gasteiger partial charge in [-0.2, -0.15) is 0 Å². The summed E-state index contributed by atoms with van der Waals surface area (Å²) < 4.78 is 0.867. The molecule has 0 aliphatic heterocycles. The van der Waals surface area contributed by atoms with Gasteiger partial charge in [0, 0.05) is 4.47 Å². The molecule has 0 nitrogen and oxygen atoms in total. The summed E-state index contributed by atoms with van der Waals surface area (Å²) in [6.45, 7) is 0. The molecule has 0 N–H and O–H groups in total. The van der Waals surface area contributed by atoms with E-state index in [1.54, 1.807) is 6.07 Å². The Morgan fingerprint density at radius 1 is 0.944 bits per heavy atom. The molecule has 5 heteroatoms. The Kier molecular flexibility index (Phi) is 5.01. The maximum absolute atomic E-state index is 6.27. The number of halogens is 5. The van der Waals surface area contributed by atoms with Gasteiger partial charge >= 0.3 is 0 Å². The second kappa shape index (κ2) is 6.15. The van der Waals surface area contributed by atoms with Crippen molar-refractivity contribution in [2.45, 2.75) is 4.83 Å². The van der Waals surface area contributed by atoms with E-state index in [1.165, 1.54) is 0 Å². The average molecular weight is 429 g/mol. The van der Waals surface area contributed by atoms with E-state index in [9.17, 15) is 0 Å². The molecule has 0 amide bonds. The second-order valence-corrected chi connectivity index (χ2v) is 6.64. The second-order valence-electron chi connectivity index (χ2n) is 3.68. The van der Waals surface area contributed by atoms with Gasteiger partial charge in [-0.3, -0.25) is 0 Å². The molecule has 0 aliphatic carbocycles. The van der Waals surface area contributed by atoms with Crippen LogP contribution in [0.3, 0.4) is 0 Å². The number of hydrogen-bond donors (Lipinski definition) is 0. The lowest BCUT2D eigenvalue weighted by Crippen LogP contribution is -1.94. The lowest BCUT2D eigenvalue weighted by molar-refractivity contribution is 1.17. The van der Waals surface area contributed by atoms with E-state index < -0.39 is 0 Å². The fraction of sp³-hybridized carbons (Fsp3) is 0.0769. The largest absolute Gasteiger partial charge is 0.0827 e. The van der Waals surface area contributed by atoms with Crippen LogP contribution >= 0.6 is 66.7 Å². The molecular formula is C13H7Br2Cl3. The molecule has 2 aromatic rings. The third-order valence-electron chi connectivity index (χ3n) is 2.49. The maximum atomic E-state index is 6.27. The van der Waals surface area contributed by atoms with E-state index in [1.807, 2.05) is 30.3 Å². The molecule has 2 rings (SSSR count). The first-order chi connectivity index (χ1) is 8.50. The van der Waals surface area contributed by atoms with Gasteiger partial charge in [0.25, 0.3) is 0 Å². The topological polar surface area (TPSA) is 0 Å². The zero-order chi connectivity index (χ0) is 13.3. The van der Waals surface area contributed by atoms with Crippen molar-refractivity contribution < 1.29 is 0 Å². The lowest BCUT2D eigenvalue weighted by atomic mass is 10.0. The van der Waals surface area contributed by atoms with Crippen molar-refractivity contribution in [2.24, 2.45) is 0 Å². The standard InChI is InChI=1S/C13H7Br2Cl3/c14-9-3-1-2-8(13(9)18)12(15)7-4-5-10(16)11(17)6-7/h1-6,12H. The van der Waals surface area contributed by atoms with Crippen LogP contribution < -0.4 is 0 Å². The van der Waals surface area contributed by atoms with E-state index >= 15 is 0 Å². The third-order valence-corrected chi connectivity index (χ3v) is 5.56. The van der Waals surface area contributed by atoms with Crippen molar-refractivity contribution in [3.63, 3.8) is 0 Å². The highest BCUT2D eigenvalue weighted by molar-refractivity contribution is 9.10. The Bertz CT molecular complexity index is 584. The van der Waals surface area contributed by atoms with Gasteiger partial charge in [0.05, 0.1) is 19.9 Å². The number of hydrogen-bond acceptors (Lipinski definition) is 0. The van der Waals surface area contributed by atoms with Crippen LogP contribution in [0, 0.1) is 0 Å². The van der Waals surface area contributed by atoms with E-state index in [0.29, 0.717) is 15.1 Å². The first-order valence-corrected chi connectivity index (χ1v) is 7.88. The summed E-state index contributed by atoms with van der Waals surface area (Å²) >= 11 is 25.2. The monoisotopic (exact) mass is 426 g/mol. The number of benzene rings is 2. The molecule has 1 atom stereocenters. The minimum absolute atomic E-state index is 0.0303. The summed E-state index contributed by atoms with van der Waals surface area (Å²) in [7, 11) is 0. The van der Waals surface area contributed by atoms with Gasteiger partial charge in [-0.15, -0.1) is 0 Å². The van der Waals surface area contributed by atoms with Crippen molar-refractivity contribution in [1.29, 1.82) is 0 Å². The lowest BCUT2D eigenvalue weighted by Gasteiger charge is -2.14. The molecule has 0 radical (unpaired) electrons. The average Bonchev–Trinajstić information content (AvgIpc) is 2.35. The van der Waals surface area contributed by atoms with Gasteiger partial charge in [0.2, 0.25) is 0 Å². The van der Waals surface area contributed by atoms with Crippen LogP contribution in [0.5, 0.6) is 0 Å². The molecule has 18 heavy (non-hydrogen) atoms. The molecule has 0 saturated heterocycles. The molecule has 0 aliphatic rings. The molecule has 0 saturated carbocycles. The van der Waals surface area contributed by atoms with E-state index in [2.05, 4.69) is 31.9 Å². The Morgan fingerprint density at radius 2 is 1.67 bits per heavy atom. The molecular weight excluding hydrogens is 422 g/mol. The molecule has 0 aromatic heterocycles. The summed E-state index contributed by atoms with van der Waals surface area (Å²) in [4.78, 5) is -0.0303. The first kappa shape index (κ1) is 14.7. The van der Waals surface area contributed by atoms with Crippen LogP contribution in [-0.2, 0) is 0 Å². The van der Waals surface area contributed by atoms with Gasteiger partial charge in [0.1, 0.15) is 0 Å². The molecule has 0 fully saturated rings. The maximum Gasteiger partial charge on any atom is 0.0660 e. The minimum atomic E-state index is -0.0303. The van der Waals surface area contributed by atoms with Crippen LogP contribution in [-0.4, -0.2) is 0 Å². The zero-order valence-corrected chi connectivity index (χ0v) is 14.4. The summed E-state index contributed by atoms with van der Waals surface area (Å²) in [6, 6.07) is 11.3. The fourth-order valence-electron chi connectivity index (χ4n) is 1.57. The quantitative estimate of drug-likeness (QED) is 0.456. The minimum Gasteiger partial charge on any atom is -0.0827 e. The number of rotatable bonds is 2. The van der Waals surface area contributed by atoms with Gasteiger partial charge in [-0.05, 0) is 45.3 Å². The zero-order valence-electron chi connectivity index (χ0n) is 8.93. The van der Waals surface area contributed by atoms with Crippen molar-refractivity contribution in [2.75, 3.05) is 0 Å². The van der Waals surface area contributed by atoms with Crippen molar-refractivity contribution in [3.05, 3.63) is 67.1 Å². The van der Waals surface area contributed by atoms with Gasteiger partial charge in [-0.1, -0.05) is 68.9 Å². The molecule has 1 unspecified atom stereocenters. The fourth-order valence-corrected chi connectivity index (χ4v) is 3.29. The Balaban J connectivity index is 2.44. The smallest absolute Gasteiger partial charge is 0.0660 e. The Labute approximate surface area is 137 Å². The van der Waals surface area contributed by atoms with E-state index in [-0.39, 0.29) is 4.83 Å². The molecule has 94 valence electrons. The van der Waals surface area contributed by atoms with Crippen LogP contribution in [0.4, 0.5) is 0 Å². The first-order valence-electron chi connectivity index (χ1n) is 5.03. The third kappa shape index (κ3) is 3.05. The molecule has 2 aromatic carbocycles. The summed E-state index contributed by atoms with van der Waals surface area (Å²) in [5.41, 5.74) is 1.98. The van der Waals surface area contributed by atoms with Crippen LogP contribution in [0.2, 0.25) is 15.1 Å². The summed E-state index contributed by atoms with van der Waals surface area (Å²) in [6.07, 6.45) is 0. The van der Waals surface area contributed by atoms with Gasteiger partial charge in [-0.25, -0.2) is 0 Å². The highest BCUT2D eigenvalue weighted by Gasteiger charge is 2.16. The van der Waals surface area contributed by atoms with E-state index in [4.69, 9.17) is 34.8 Å². The molecule has 0 heterocycles. The summed E-state index contributed by atoms with van der Waals surface area (Å²) in [5, 5.41) is 1.76. The predicted molar refractivity (Wildman–Crippen MR) is 86.4 cm³/mol. The number of alkyl halides is 1. The highest BCUT2D eigenvalue weighted by Crippen LogP contribution is 2.39. The molecule has 0 spiro atoms. The van der Waals surface area contributed by atoms with Crippen molar-refractivity contribution >= 4 is 66.7 Å². The highest BCUT2D eigenvalue weighted by atomic mass is 79.9.